The lowest BCUT2D eigenvalue weighted by Gasteiger charge is -2.11. The molecule has 0 atom stereocenters. The summed E-state index contributed by atoms with van der Waals surface area (Å²) in [5.74, 6) is -0.466. The van der Waals surface area contributed by atoms with Crippen LogP contribution in [0.25, 0.3) is 11.1 Å². The number of hydrogen-bond donors (Lipinski definition) is 3. The highest BCUT2D eigenvalue weighted by atomic mass is 16.2. The van der Waals surface area contributed by atoms with E-state index in [0.29, 0.717) is 22.3 Å². The summed E-state index contributed by atoms with van der Waals surface area (Å²) in [6, 6.07) is 15.5. The Morgan fingerprint density at radius 2 is 1.59 bits per heavy atom. The molecule has 3 N–H and O–H groups in total. The largest absolute Gasteiger partial charge is 0.340 e. The molecule has 6 heteroatoms. The maximum atomic E-state index is 12.2. The first kappa shape index (κ1) is 15.1. The molecule has 2 aromatic carbocycles. The van der Waals surface area contributed by atoms with Crippen LogP contribution >= 0.6 is 0 Å². The fourth-order valence-corrected chi connectivity index (χ4v) is 1.97. The molecule has 0 unspecified atom stereocenters. The summed E-state index contributed by atoms with van der Waals surface area (Å²) >= 11 is 0. The minimum absolute atomic E-state index is 0.363. The quantitative estimate of drug-likeness (QED) is 0.737. The fraction of sp³-hybridized carbons (Fsp3) is 0.0625. The average Bonchev–Trinajstić information content (AvgIpc) is 2.59. The second-order valence-corrected chi connectivity index (χ2v) is 4.36. The molecule has 6 nitrogen and oxygen atoms in total. The van der Waals surface area contributed by atoms with Gasteiger partial charge in [0.15, 0.2) is 0 Å². The number of benzene rings is 2. The minimum atomic E-state index is -0.525. The van der Waals surface area contributed by atoms with Crippen molar-refractivity contribution in [3.05, 3.63) is 59.7 Å². The van der Waals surface area contributed by atoms with E-state index >= 15 is 0 Å². The van der Waals surface area contributed by atoms with Crippen LogP contribution in [-0.2, 0) is 0 Å². The summed E-state index contributed by atoms with van der Waals surface area (Å²) in [6.45, 7) is 0. The first-order chi connectivity index (χ1) is 10.7. The SMILES string of the molecule is CNC(=O)NNC(=O)c1ccccc1-c1ccccc1C#N. The van der Waals surface area contributed by atoms with E-state index in [1.54, 1.807) is 48.5 Å². The molecule has 0 fully saturated rings. The first-order valence-corrected chi connectivity index (χ1v) is 6.54. The number of amides is 3. The van der Waals surface area contributed by atoms with Crippen LogP contribution in [0.3, 0.4) is 0 Å². The summed E-state index contributed by atoms with van der Waals surface area (Å²) in [7, 11) is 1.44. The predicted octanol–water partition coefficient (Wildman–Crippen LogP) is 1.80. The van der Waals surface area contributed by atoms with E-state index in [1.165, 1.54) is 7.05 Å². The van der Waals surface area contributed by atoms with Crippen LogP contribution in [0.2, 0.25) is 0 Å². The molecule has 110 valence electrons. The van der Waals surface area contributed by atoms with E-state index in [1.807, 2.05) is 0 Å². The maximum Gasteiger partial charge on any atom is 0.333 e. The van der Waals surface area contributed by atoms with Gasteiger partial charge < -0.3 is 5.32 Å². The van der Waals surface area contributed by atoms with Crippen molar-refractivity contribution in [2.45, 2.75) is 0 Å². The van der Waals surface area contributed by atoms with Crippen molar-refractivity contribution in [1.82, 2.24) is 16.2 Å². The summed E-state index contributed by atoms with van der Waals surface area (Å²) in [5, 5.41) is 11.5. The smallest absolute Gasteiger partial charge is 0.333 e. The molecule has 0 saturated heterocycles. The Bertz CT molecular complexity index is 750. The van der Waals surface area contributed by atoms with E-state index in [0.717, 1.165) is 0 Å². The molecular weight excluding hydrogens is 280 g/mol. The molecule has 0 aliphatic heterocycles. The van der Waals surface area contributed by atoms with Crippen molar-refractivity contribution < 1.29 is 9.59 Å². The molecule has 0 aliphatic carbocycles. The molecular formula is C16H14N4O2. The summed E-state index contributed by atoms with van der Waals surface area (Å²) in [4.78, 5) is 23.3. The highest BCUT2D eigenvalue weighted by Crippen LogP contribution is 2.26. The van der Waals surface area contributed by atoms with Crippen molar-refractivity contribution in [2.24, 2.45) is 0 Å². The summed E-state index contributed by atoms with van der Waals surface area (Å²) in [5.41, 5.74) is 6.66. The molecule has 3 amide bonds. The van der Waals surface area contributed by atoms with Gasteiger partial charge in [0.05, 0.1) is 11.6 Å². The third kappa shape index (κ3) is 3.22. The molecule has 0 heterocycles. The van der Waals surface area contributed by atoms with Gasteiger partial charge in [0.25, 0.3) is 5.91 Å². The number of carbonyl (C=O) groups is 2. The van der Waals surface area contributed by atoms with Crippen LogP contribution < -0.4 is 16.2 Å². The van der Waals surface area contributed by atoms with Gasteiger partial charge in [-0.1, -0.05) is 36.4 Å². The Morgan fingerprint density at radius 1 is 0.955 bits per heavy atom. The predicted molar refractivity (Wildman–Crippen MR) is 81.7 cm³/mol. The second kappa shape index (κ2) is 6.90. The Labute approximate surface area is 127 Å². The molecule has 2 aromatic rings. The van der Waals surface area contributed by atoms with Crippen LogP contribution in [0.4, 0.5) is 4.79 Å². The van der Waals surface area contributed by atoms with Gasteiger partial charge in [0.2, 0.25) is 0 Å². The zero-order chi connectivity index (χ0) is 15.9. The van der Waals surface area contributed by atoms with Crippen LogP contribution in [-0.4, -0.2) is 19.0 Å². The molecule has 0 aromatic heterocycles. The van der Waals surface area contributed by atoms with Gasteiger partial charge in [-0.05, 0) is 17.7 Å². The van der Waals surface area contributed by atoms with E-state index in [-0.39, 0.29) is 0 Å². The van der Waals surface area contributed by atoms with Gasteiger partial charge in [-0.25, -0.2) is 10.2 Å². The molecule has 0 radical (unpaired) electrons. The van der Waals surface area contributed by atoms with Crippen LogP contribution in [0.15, 0.2) is 48.5 Å². The number of hydrogen-bond acceptors (Lipinski definition) is 3. The molecule has 0 saturated carbocycles. The average molecular weight is 294 g/mol. The normalized spacial score (nSPS) is 9.45. The van der Waals surface area contributed by atoms with Gasteiger partial charge in [-0.3, -0.25) is 10.2 Å². The van der Waals surface area contributed by atoms with Gasteiger partial charge in [-0.2, -0.15) is 5.26 Å². The maximum absolute atomic E-state index is 12.2. The topological polar surface area (TPSA) is 94.0 Å². The number of urea groups is 1. The number of rotatable bonds is 2. The second-order valence-electron chi connectivity index (χ2n) is 4.36. The van der Waals surface area contributed by atoms with Gasteiger partial charge in [-0.15, -0.1) is 0 Å². The van der Waals surface area contributed by atoms with E-state index in [9.17, 15) is 14.9 Å². The third-order valence-electron chi connectivity index (χ3n) is 3.03. The number of hydrazine groups is 1. The molecule has 0 bridgehead atoms. The molecule has 2 rings (SSSR count). The lowest BCUT2D eigenvalue weighted by Crippen LogP contribution is -2.45. The highest BCUT2D eigenvalue weighted by molar-refractivity contribution is 6.02. The Morgan fingerprint density at radius 3 is 2.27 bits per heavy atom. The highest BCUT2D eigenvalue weighted by Gasteiger charge is 2.14. The van der Waals surface area contributed by atoms with E-state index < -0.39 is 11.9 Å². The molecule has 22 heavy (non-hydrogen) atoms. The van der Waals surface area contributed by atoms with Crippen molar-refractivity contribution in [3.8, 4) is 17.2 Å². The lowest BCUT2D eigenvalue weighted by atomic mass is 9.95. The van der Waals surface area contributed by atoms with Crippen LogP contribution in [0, 0.1) is 11.3 Å². The fourth-order valence-electron chi connectivity index (χ4n) is 1.97. The standard InChI is InChI=1S/C16H14N4O2/c1-18-16(22)20-19-15(21)14-9-5-4-8-13(14)12-7-3-2-6-11(12)10-17/h2-9H,1H3,(H,19,21)(H2,18,20,22). The monoisotopic (exact) mass is 294 g/mol. The van der Waals surface area contributed by atoms with Crippen molar-refractivity contribution in [3.63, 3.8) is 0 Å². The molecule has 0 aliphatic rings. The van der Waals surface area contributed by atoms with Crippen molar-refractivity contribution in [2.75, 3.05) is 7.05 Å². The summed E-state index contributed by atoms with van der Waals surface area (Å²) < 4.78 is 0. The Balaban J connectivity index is 2.37. The number of carbonyl (C=O) groups excluding carboxylic acids is 2. The van der Waals surface area contributed by atoms with E-state index in [2.05, 4.69) is 22.2 Å². The summed E-state index contributed by atoms with van der Waals surface area (Å²) in [6.07, 6.45) is 0. The third-order valence-corrected chi connectivity index (χ3v) is 3.03. The Kier molecular flexibility index (Phi) is 4.73. The van der Waals surface area contributed by atoms with Crippen LogP contribution in [0.1, 0.15) is 15.9 Å². The van der Waals surface area contributed by atoms with Crippen molar-refractivity contribution >= 4 is 11.9 Å². The number of nitriles is 1. The number of nitrogens with one attached hydrogen (secondary N) is 3. The first-order valence-electron chi connectivity index (χ1n) is 6.54. The zero-order valence-corrected chi connectivity index (χ0v) is 11.9. The molecule has 0 spiro atoms. The van der Waals surface area contributed by atoms with Crippen LogP contribution in [0.5, 0.6) is 0 Å². The lowest BCUT2D eigenvalue weighted by molar-refractivity contribution is 0.0937. The van der Waals surface area contributed by atoms with Crippen molar-refractivity contribution in [1.29, 1.82) is 5.26 Å². The minimum Gasteiger partial charge on any atom is -0.340 e. The van der Waals surface area contributed by atoms with Gasteiger partial charge in [0.1, 0.15) is 0 Å². The Hall–Kier alpha value is -3.33. The number of nitrogens with zero attached hydrogens (tertiary/aromatic N) is 1. The van der Waals surface area contributed by atoms with Gasteiger partial charge in [0, 0.05) is 18.2 Å². The van der Waals surface area contributed by atoms with E-state index in [4.69, 9.17) is 0 Å². The van der Waals surface area contributed by atoms with Gasteiger partial charge >= 0.3 is 6.03 Å². The zero-order valence-electron chi connectivity index (χ0n) is 11.9.